The highest BCUT2D eigenvalue weighted by molar-refractivity contribution is 5.69. The molecule has 120 valence electrons. The summed E-state index contributed by atoms with van der Waals surface area (Å²) in [6, 6.07) is 0. The van der Waals surface area contributed by atoms with E-state index < -0.39 is 11.7 Å². The van der Waals surface area contributed by atoms with E-state index in [1.165, 1.54) is 0 Å². The van der Waals surface area contributed by atoms with Gasteiger partial charge in [-0.05, 0) is 41.5 Å². The summed E-state index contributed by atoms with van der Waals surface area (Å²) in [5.74, 6) is 0. The topological polar surface area (TPSA) is 82.0 Å². The van der Waals surface area contributed by atoms with Crippen LogP contribution in [0, 0.1) is 0 Å². The smallest absolute Gasteiger partial charge is 0.410 e. The molecule has 0 aromatic carbocycles. The van der Waals surface area contributed by atoms with Crippen LogP contribution in [0.4, 0.5) is 4.79 Å². The molecule has 3 N–H and O–H groups in total. The van der Waals surface area contributed by atoms with Gasteiger partial charge in [-0.2, -0.15) is 0 Å². The Bertz CT molecular complexity index is 295. The first-order chi connectivity index (χ1) is 8.97. The molecule has 0 aliphatic carbocycles. The van der Waals surface area contributed by atoms with Crippen molar-refractivity contribution in [1.29, 1.82) is 0 Å². The summed E-state index contributed by atoms with van der Waals surface area (Å²) in [4.78, 5) is 13.8. The molecule has 0 rings (SSSR count). The molecule has 0 aromatic rings. The average Bonchev–Trinajstić information content (AvgIpc) is 2.23. The highest BCUT2D eigenvalue weighted by Gasteiger charge is 2.30. The molecule has 1 atom stereocenters. The van der Waals surface area contributed by atoms with Crippen LogP contribution in [-0.2, 0) is 4.74 Å². The Labute approximate surface area is 122 Å². The number of nitrogens with one attached hydrogen (secondary N) is 1. The van der Waals surface area contributed by atoms with E-state index in [1.807, 2.05) is 41.5 Å². The molecule has 6 heteroatoms. The monoisotopic (exact) mass is 290 g/mol. The number of hydrogen-bond acceptors (Lipinski definition) is 5. The molecule has 0 fully saturated rings. The van der Waals surface area contributed by atoms with Crippen molar-refractivity contribution in [3.8, 4) is 0 Å². The van der Waals surface area contributed by atoms with Crippen molar-refractivity contribution in [2.75, 3.05) is 26.2 Å². The molecule has 0 spiro atoms. The van der Waals surface area contributed by atoms with Crippen molar-refractivity contribution < 1.29 is 19.7 Å². The van der Waals surface area contributed by atoms with E-state index in [4.69, 9.17) is 9.84 Å². The van der Waals surface area contributed by atoms with Gasteiger partial charge in [0.2, 0.25) is 0 Å². The number of aliphatic hydroxyl groups excluding tert-OH is 2. The van der Waals surface area contributed by atoms with Crippen LogP contribution in [-0.4, -0.2) is 64.7 Å². The van der Waals surface area contributed by atoms with Gasteiger partial charge in [-0.25, -0.2) is 4.79 Å². The van der Waals surface area contributed by atoms with Crippen LogP contribution in [0.1, 0.15) is 41.5 Å². The maximum absolute atomic E-state index is 12.2. The average molecular weight is 290 g/mol. The van der Waals surface area contributed by atoms with E-state index in [1.54, 1.807) is 4.90 Å². The summed E-state index contributed by atoms with van der Waals surface area (Å²) < 4.78 is 5.40. The Balaban J connectivity index is 4.41. The first kappa shape index (κ1) is 19.1. The predicted octanol–water partition coefficient (Wildman–Crippen LogP) is 0.965. The minimum absolute atomic E-state index is 0.276. The maximum atomic E-state index is 12.2. The molecule has 0 aliphatic rings. The SMILES string of the molecule is CC(C)(C)OC(=O)N(CCNCC(O)CO)C(C)(C)C. The third-order valence-corrected chi connectivity index (χ3v) is 2.53. The number of nitrogens with zero attached hydrogens (tertiary/aromatic N) is 1. The third-order valence-electron chi connectivity index (χ3n) is 2.53. The molecule has 0 bridgehead atoms. The minimum Gasteiger partial charge on any atom is -0.444 e. The van der Waals surface area contributed by atoms with Crippen molar-refractivity contribution in [1.82, 2.24) is 10.2 Å². The lowest BCUT2D eigenvalue weighted by molar-refractivity contribution is 0.00635. The van der Waals surface area contributed by atoms with Gasteiger partial charge >= 0.3 is 6.09 Å². The number of hydrogen-bond donors (Lipinski definition) is 3. The molecule has 1 amide bonds. The second-order valence-electron chi connectivity index (χ2n) is 6.84. The fourth-order valence-electron chi connectivity index (χ4n) is 1.54. The molecule has 6 nitrogen and oxygen atoms in total. The van der Waals surface area contributed by atoms with Crippen LogP contribution < -0.4 is 5.32 Å². The van der Waals surface area contributed by atoms with E-state index in [0.717, 1.165) is 0 Å². The van der Waals surface area contributed by atoms with Crippen molar-refractivity contribution in [3.63, 3.8) is 0 Å². The number of carbonyl (C=O) groups is 1. The van der Waals surface area contributed by atoms with Gasteiger partial charge < -0.3 is 25.2 Å². The van der Waals surface area contributed by atoms with Gasteiger partial charge in [-0.3, -0.25) is 0 Å². The molecule has 0 heterocycles. The fraction of sp³-hybridized carbons (Fsp3) is 0.929. The van der Waals surface area contributed by atoms with Crippen LogP contribution in [0.5, 0.6) is 0 Å². The van der Waals surface area contributed by atoms with Gasteiger partial charge in [0.25, 0.3) is 0 Å². The Hall–Kier alpha value is -0.850. The van der Waals surface area contributed by atoms with Crippen LogP contribution in [0.25, 0.3) is 0 Å². The molecule has 0 radical (unpaired) electrons. The van der Waals surface area contributed by atoms with Crippen LogP contribution in [0.3, 0.4) is 0 Å². The number of amides is 1. The van der Waals surface area contributed by atoms with Gasteiger partial charge in [0.15, 0.2) is 0 Å². The lowest BCUT2D eigenvalue weighted by Gasteiger charge is -2.37. The Morgan fingerprint density at radius 3 is 2.20 bits per heavy atom. The van der Waals surface area contributed by atoms with Gasteiger partial charge in [0.1, 0.15) is 5.60 Å². The Morgan fingerprint density at radius 1 is 1.25 bits per heavy atom. The van der Waals surface area contributed by atoms with E-state index in [0.29, 0.717) is 19.6 Å². The highest BCUT2D eigenvalue weighted by Crippen LogP contribution is 2.17. The normalized spacial score (nSPS) is 14.0. The molecule has 1 unspecified atom stereocenters. The summed E-state index contributed by atoms with van der Waals surface area (Å²) in [5, 5.41) is 20.9. The van der Waals surface area contributed by atoms with Gasteiger partial charge in [-0.1, -0.05) is 0 Å². The van der Waals surface area contributed by atoms with Gasteiger partial charge in [0.05, 0.1) is 12.7 Å². The van der Waals surface area contributed by atoms with E-state index in [2.05, 4.69) is 5.32 Å². The molecule has 0 aliphatic heterocycles. The summed E-state index contributed by atoms with van der Waals surface area (Å²) in [5.41, 5.74) is -0.874. The number of ether oxygens (including phenoxy) is 1. The van der Waals surface area contributed by atoms with E-state index in [9.17, 15) is 9.90 Å². The van der Waals surface area contributed by atoms with Crippen LogP contribution >= 0.6 is 0 Å². The van der Waals surface area contributed by atoms with Crippen molar-refractivity contribution >= 4 is 6.09 Å². The third kappa shape index (κ3) is 8.35. The van der Waals surface area contributed by atoms with Gasteiger partial charge in [-0.15, -0.1) is 0 Å². The Morgan fingerprint density at radius 2 is 1.80 bits per heavy atom. The zero-order chi connectivity index (χ0) is 16.0. The van der Waals surface area contributed by atoms with Crippen LogP contribution in [0.2, 0.25) is 0 Å². The zero-order valence-electron chi connectivity index (χ0n) is 13.6. The first-order valence-electron chi connectivity index (χ1n) is 6.97. The molecule has 0 aromatic heterocycles. The minimum atomic E-state index is -0.778. The van der Waals surface area contributed by atoms with Crippen LogP contribution in [0.15, 0.2) is 0 Å². The van der Waals surface area contributed by atoms with E-state index in [-0.39, 0.29) is 18.2 Å². The highest BCUT2D eigenvalue weighted by atomic mass is 16.6. The summed E-state index contributed by atoms with van der Waals surface area (Å²) in [6.45, 7) is 12.3. The number of aliphatic hydroxyl groups is 2. The quantitative estimate of drug-likeness (QED) is 0.635. The van der Waals surface area contributed by atoms with Crippen molar-refractivity contribution in [2.45, 2.75) is 58.8 Å². The summed E-state index contributed by atoms with van der Waals surface area (Å²) in [6.07, 6.45) is -1.13. The summed E-state index contributed by atoms with van der Waals surface area (Å²) in [7, 11) is 0. The maximum Gasteiger partial charge on any atom is 0.410 e. The number of rotatable bonds is 6. The second kappa shape index (κ2) is 7.81. The fourth-order valence-corrected chi connectivity index (χ4v) is 1.54. The molecular weight excluding hydrogens is 260 g/mol. The number of carbonyl (C=O) groups excluding carboxylic acids is 1. The van der Waals surface area contributed by atoms with E-state index >= 15 is 0 Å². The molecular formula is C14H30N2O4. The lowest BCUT2D eigenvalue weighted by Crippen LogP contribution is -2.50. The zero-order valence-corrected chi connectivity index (χ0v) is 13.6. The van der Waals surface area contributed by atoms with Gasteiger partial charge in [0, 0.05) is 25.2 Å². The molecule has 0 saturated heterocycles. The summed E-state index contributed by atoms with van der Waals surface area (Å²) >= 11 is 0. The second-order valence-corrected chi connectivity index (χ2v) is 6.84. The standard InChI is InChI=1S/C14H30N2O4/c1-13(2,3)16(12(19)20-14(4,5)6)8-7-15-9-11(18)10-17/h11,15,17-18H,7-10H2,1-6H3. The van der Waals surface area contributed by atoms with Crippen molar-refractivity contribution in [2.24, 2.45) is 0 Å². The van der Waals surface area contributed by atoms with Crippen molar-refractivity contribution in [3.05, 3.63) is 0 Å². The first-order valence-corrected chi connectivity index (χ1v) is 6.97. The predicted molar refractivity (Wildman–Crippen MR) is 78.7 cm³/mol. The Kier molecular flexibility index (Phi) is 7.47. The molecule has 0 saturated carbocycles. The largest absolute Gasteiger partial charge is 0.444 e. The molecule has 20 heavy (non-hydrogen) atoms. The lowest BCUT2D eigenvalue weighted by atomic mass is 10.1.